The lowest BCUT2D eigenvalue weighted by Gasteiger charge is -2.03. The Morgan fingerprint density at radius 2 is 2.14 bits per heavy atom. The van der Waals surface area contributed by atoms with Crippen LogP contribution >= 0.6 is 0 Å². The van der Waals surface area contributed by atoms with Gasteiger partial charge < -0.3 is 4.74 Å². The molecule has 0 bridgehead atoms. The maximum absolute atomic E-state index is 11.6. The molecule has 2 aromatic rings. The maximum atomic E-state index is 11.6. The second kappa shape index (κ2) is 6.34. The van der Waals surface area contributed by atoms with Crippen molar-refractivity contribution in [3.63, 3.8) is 0 Å². The molecule has 1 saturated carbocycles. The normalized spacial score (nSPS) is 14.4. The van der Waals surface area contributed by atoms with Crippen molar-refractivity contribution in [2.75, 3.05) is 13.2 Å². The second-order valence-electron chi connectivity index (χ2n) is 5.07. The summed E-state index contributed by atoms with van der Waals surface area (Å²) in [6.45, 7) is 0.338. The molecule has 5 nitrogen and oxygen atoms in total. The molecule has 0 spiro atoms. The highest BCUT2D eigenvalue weighted by molar-refractivity contribution is 7.90. The number of benzene rings is 1. The van der Waals surface area contributed by atoms with Gasteiger partial charge in [0.1, 0.15) is 12.4 Å². The summed E-state index contributed by atoms with van der Waals surface area (Å²) in [4.78, 5) is 4.26. The molecule has 1 fully saturated rings. The topological polar surface area (TPSA) is 68.3 Å². The van der Waals surface area contributed by atoms with Crippen LogP contribution in [-0.2, 0) is 10.0 Å². The van der Waals surface area contributed by atoms with Crippen LogP contribution in [0.3, 0.4) is 0 Å². The molecule has 1 aliphatic carbocycles. The van der Waals surface area contributed by atoms with E-state index in [1.807, 2.05) is 30.3 Å². The SMILES string of the molecule is O=S(=O)(NCC#CCOc1ccc2cccnc2c1)C1CC1. The maximum Gasteiger partial charge on any atom is 0.215 e. The molecule has 0 radical (unpaired) electrons. The zero-order valence-electron chi connectivity index (χ0n) is 12.0. The highest BCUT2D eigenvalue weighted by Gasteiger charge is 2.34. The molecule has 1 aromatic carbocycles. The molecule has 1 aliphatic rings. The fraction of sp³-hybridized carbons (Fsp3) is 0.312. The van der Waals surface area contributed by atoms with Crippen molar-refractivity contribution in [1.29, 1.82) is 0 Å². The minimum absolute atomic E-state index is 0.126. The average Bonchev–Trinajstić information content (AvgIpc) is 3.36. The Hall–Kier alpha value is -2.10. The van der Waals surface area contributed by atoms with E-state index < -0.39 is 10.0 Å². The van der Waals surface area contributed by atoms with Crippen LogP contribution in [0.2, 0.25) is 0 Å². The van der Waals surface area contributed by atoms with Crippen LogP contribution in [-0.4, -0.2) is 31.8 Å². The van der Waals surface area contributed by atoms with E-state index in [1.165, 1.54) is 0 Å². The van der Waals surface area contributed by atoms with Gasteiger partial charge in [-0.3, -0.25) is 4.98 Å². The monoisotopic (exact) mass is 316 g/mol. The van der Waals surface area contributed by atoms with Gasteiger partial charge in [0.25, 0.3) is 0 Å². The van der Waals surface area contributed by atoms with Crippen LogP contribution in [0, 0.1) is 11.8 Å². The van der Waals surface area contributed by atoms with Gasteiger partial charge in [-0.1, -0.05) is 17.9 Å². The van der Waals surface area contributed by atoms with Crippen molar-refractivity contribution >= 4 is 20.9 Å². The van der Waals surface area contributed by atoms with Crippen LogP contribution in [0.15, 0.2) is 36.5 Å². The number of rotatable bonds is 5. The quantitative estimate of drug-likeness (QED) is 0.853. The fourth-order valence-corrected chi connectivity index (χ4v) is 3.27. The number of pyridine rings is 1. The molecule has 1 heterocycles. The standard InChI is InChI=1S/C16H16N2O3S/c19-22(20,15-7-8-15)18-10-1-2-11-21-14-6-5-13-4-3-9-17-16(13)12-14/h3-6,9,12,15,18H,7-8,10-11H2. The van der Waals surface area contributed by atoms with Crippen molar-refractivity contribution in [3.05, 3.63) is 36.5 Å². The highest BCUT2D eigenvalue weighted by atomic mass is 32.2. The van der Waals surface area contributed by atoms with E-state index in [-0.39, 0.29) is 18.4 Å². The first-order chi connectivity index (χ1) is 10.6. The van der Waals surface area contributed by atoms with Crippen molar-refractivity contribution in [3.8, 4) is 17.6 Å². The van der Waals surface area contributed by atoms with Gasteiger partial charge in [-0.25, -0.2) is 13.1 Å². The summed E-state index contributed by atoms with van der Waals surface area (Å²) >= 11 is 0. The lowest BCUT2D eigenvalue weighted by atomic mass is 10.2. The Morgan fingerprint density at radius 1 is 1.27 bits per heavy atom. The van der Waals surface area contributed by atoms with Crippen LogP contribution in [0.1, 0.15) is 12.8 Å². The Balaban J connectivity index is 1.49. The smallest absolute Gasteiger partial charge is 0.215 e. The van der Waals surface area contributed by atoms with Crippen molar-refractivity contribution in [1.82, 2.24) is 9.71 Å². The molecule has 114 valence electrons. The Labute approximate surface area is 129 Å². The van der Waals surface area contributed by atoms with Gasteiger partial charge in [0.05, 0.1) is 17.3 Å². The van der Waals surface area contributed by atoms with E-state index >= 15 is 0 Å². The van der Waals surface area contributed by atoms with E-state index in [1.54, 1.807) is 6.20 Å². The number of ether oxygens (including phenoxy) is 1. The van der Waals surface area contributed by atoms with Gasteiger partial charge >= 0.3 is 0 Å². The molecule has 3 rings (SSSR count). The average molecular weight is 316 g/mol. The van der Waals surface area contributed by atoms with E-state index in [0.29, 0.717) is 5.75 Å². The lowest BCUT2D eigenvalue weighted by molar-refractivity contribution is 0.370. The Morgan fingerprint density at radius 3 is 2.95 bits per heavy atom. The first-order valence-electron chi connectivity index (χ1n) is 7.07. The summed E-state index contributed by atoms with van der Waals surface area (Å²) in [6.07, 6.45) is 3.24. The molecule has 22 heavy (non-hydrogen) atoms. The molecular weight excluding hydrogens is 300 g/mol. The predicted molar refractivity (Wildman–Crippen MR) is 85.0 cm³/mol. The number of nitrogens with one attached hydrogen (secondary N) is 1. The zero-order valence-corrected chi connectivity index (χ0v) is 12.8. The number of sulfonamides is 1. The van der Waals surface area contributed by atoms with Crippen LogP contribution in [0.25, 0.3) is 10.9 Å². The number of hydrogen-bond donors (Lipinski definition) is 1. The molecular formula is C16H16N2O3S. The first-order valence-corrected chi connectivity index (χ1v) is 8.61. The van der Waals surface area contributed by atoms with Gasteiger partial charge in [0, 0.05) is 17.6 Å². The van der Waals surface area contributed by atoms with Crippen LogP contribution in [0.5, 0.6) is 5.75 Å². The molecule has 0 aliphatic heterocycles. The molecule has 1 N–H and O–H groups in total. The molecule has 1 aromatic heterocycles. The summed E-state index contributed by atoms with van der Waals surface area (Å²) in [5.41, 5.74) is 0.866. The van der Waals surface area contributed by atoms with Gasteiger partial charge in [-0.15, -0.1) is 0 Å². The minimum Gasteiger partial charge on any atom is -0.481 e. The van der Waals surface area contributed by atoms with Crippen molar-refractivity contribution in [2.24, 2.45) is 0 Å². The van der Waals surface area contributed by atoms with Crippen LogP contribution in [0.4, 0.5) is 0 Å². The van der Waals surface area contributed by atoms with E-state index in [9.17, 15) is 8.42 Å². The Bertz CT molecular complexity index is 833. The third-order valence-electron chi connectivity index (χ3n) is 3.34. The predicted octanol–water partition coefficient (Wildman–Crippen LogP) is 1.70. The van der Waals surface area contributed by atoms with Crippen molar-refractivity contribution in [2.45, 2.75) is 18.1 Å². The summed E-state index contributed by atoms with van der Waals surface area (Å²) in [5.74, 6) is 6.24. The third kappa shape index (κ3) is 3.75. The number of fused-ring (bicyclic) bond motifs is 1. The van der Waals surface area contributed by atoms with Gasteiger partial charge in [0.15, 0.2) is 0 Å². The third-order valence-corrected chi connectivity index (χ3v) is 5.23. The molecule has 0 unspecified atom stereocenters. The van der Waals surface area contributed by atoms with E-state index in [2.05, 4.69) is 21.5 Å². The zero-order chi connectivity index (χ0) is 15.4. The Kier molecular flexibility index (Phi) is 4.27. The minimum atomic E-state index is -3.15. The lowest BCUT2D eigenvalue weighted by Crippen LogP contribution is -2.27. The summed E-state index contributed by atoms with van der Waals surface area (Å²) in [7, 11) is -3.15. The fourth-order valence-electron chi connectivity index (χ4n) is 2.00. The van der Waals surface area contributed by atoms with Crippen LogP contribution < -0.4 is 9.46 Å². The number of hydrogen-bond acceptors (Lipinski definition) is 4. The first kappa shape index (κ1) is 14.8. The summed E-state index contributed by atoms with van der Waals surface area (Å²) in [5, 5.41) is 0.839. The van der Waals surface area contributed by atoms with Crippen molar-refractivity contribution < 1.29 is 13.2 Å². The number of aromatic nitrogens is 1. The molecule has 0 saturated heterocycles. The summed E-state index contributed by atoms with van der Waals surface area (Å²) < 4.78 is 31.1. The van der Waals surface area contributed by atoms with Gasteiger partial charge in [-0.2, -0.15) is 0 Å². The summed E-state index contributed by atoms with van der Waals surface area (Å²) in [6, 6.07) is 9.53. The van der Waals surface area contributed by atoms with Gasteiger partial charge in [-0.05, 0) is 31.0 Å². The molecule has 6 heteroatoms. The number of nitrogens with zero attached hydrogens (tertiary/aromatic N) is 1. The van der Waals surface area contributed by atoms with E-state index in [0.717, 1.165) is 23.7 Å². The highest BCUT2D eigenvalue weighted by Crippen LogP contribution is 2.27. The van der Waals surface area contributed by atoms with Gasteiger partial charge in [0.2, 0.25) is 10.0 Å². The molecule has 0 amide bonds. The largest absolute Gasteiger partial charge is 0.481 e. The van der Waals surface area contributed by atoms with E-state index in [4.69, 9.17) is 4.74 Å². The second-order valence-corrected chi connectivity index (χ2v) is 7.11. The molecule has 0 atom stereocenters.